The average molecular weight is 311 g/mol. The molecule has 0 aromatic rings. The van der Waals surface area contributed by atoms with Crippen molar-refractivity contribution in [1.82, 2.24) is 15.1 Å². The summed E-state index contributed by atoms with van der Waals surface area (Å²) in [5.41, 5.74) is -0.836. The number of piperidine rings is 1. The summed E-state index contributed by atoms with van der Waals surface area (Å²) in [5.74, 6) is -0.652. The van der Waals surface area contributed by atoms with E-state index in [0.717, 1.165) is 25.8 Å². The molecule has 0 aromatic carbocycles. The Bertz CT molecular complexity index is 454. The molecule has 0 saturated carbocycles. The third kappa shape index (κ3) is 3.90. The highest BCUT2D eigenvalue weighted by Crippen LogP contribution is 2.29. The Hall–Kier alpha value is -1.79. The first-order valence-electron chi connectivity index (χ1n) is 7.96. The van der Waals surface area contributed by atoms with Gasteiger partial charge in [0.15, 0.2) is 0 Å². The molecule has 0 aliphatic carbocycles. The van der Waals surface area contributed by atoms with Crippen LogP contribution in [0.4, 0.5) is 4.79 Å². The lowest BCUT2D eigenvalue weighted by Gasteiger charge is -2.27. The zero-order valence-corrected chi connectivity index (χ0v) is 13.1. The van der Waals surface area contributed by atoms with Gasteiger partial charge in [0, 0.05) is 39.1 Å². The van der Waals surface area contributed by atoms with E-state index in [0.29, 0.717) is 32.5 Å². The zero-order chi connectivity index (χ0) is 16.2. The molecule has 22 heavy (non-hydrogen) atoms. The molecule has 2 aliphatic heterocycles. The van der Waals surface area contributed by atoms with Gasteiger partial charge in [-0.2, -0.15) is 0 Å². The fourth-order valence-electron chi connectivity index (χ4n) is 2.98. The van der Waals surface area contributed by atoms with Gasteiger partial charge >= 0.3 is 12.0 Å². The minimum absolute atomic E-state index is 0.203. The van der Waals surface area contributed by atoms with Crippen LogP contribution < -0.4 is 5.32 Å². The maximum Gasteiger partial charge on any atom is 0.317 e. The van der Waals surface area contributed by atoms with Crippen LogP contribution in [0.1, 0.15) is 39.0 Å². The van der Waals surface area contributed by atoms with Crippen LogP contribution in [0.5, 0.6) is 0 Å². The van der Waals surface area contributed by atoms with Crippen LogP contribution in [-0.4, -0.2) is 65.5 Å². The van der Waals surface area contributed by atoms with Crippen molar-refractivity contribution >= 4 is 17.9 Å². The molecule has 0 spiro atoms. The number of urea groups is 1. The Morgan fingerprint density at radius 2 is 2.09 bits per heavy atom. The normalized spacial score (nSPS) is 25.4. The van der Waals surface area contributed by atoms with E-state index < -0.39 is 11.4 Å². The van der Waals surface area contributed by atoms with Gasteiger partial charge in [-0.25, -0.2) is 4.79 Å². The molecule has 2 heterocycles. The van der Waals surface area contributed by atoms with Crippen molar-refractivity contribution < 1.29 is 19.5 Å². The van der Waals surface area contributed by atoms with Gasteiger partial charge in [0.05, 0.1) is 5.41 Å². The quantitative estimate of drug-likeness (QED) is 0.738. The van der Waals surface area contributed by atoms with Crippen molar-refractivity contribution in [3.8, 4) is 0 Å². The van der Waals surface area contributed by atoms with E-state index in [1.54, 1.807) is 11.8 Å². The molecule has 2 N–H and O–H groups in total. The SMILES string of the molecule is CC1(C(=O)O)CCN(C(=O)NCCCN2CCCCC2=O)C1. The number of carboxylic acid groups (broad SMARTS) is 1. The number of rotatable bonds is 5. The smallest absolute Gasteiger partial charge is 0.317 e. The number of carbonyl (C=O) groups excluding carboxylic acids is 2. The van der Waals surface area contributed by atoms with E-state index in [4.69, 9.17) is 5.11 Å². The maximum atomic E-state index is 12.0. The molecule has 2 fully saturated rings. The maximum absolute atomic E-state index is 12.0. The molecule has 7 nitrogen and oxygen atoms in total. The summed E-state index contributed by atoms with van der Waals surface area (Å²) in [6, 6.07) is -0.213. The lowest BCUT2D eigenvalue weighted by molar-refractivity contribution is -0.147. The number of likely N-dealkylation sites (tertiary alicyclic amines) is 2. The molecule has 0 radical (unpaired) electrons. The fraction of sp³-hybridized carbons (Fsp3) is 0.800. The summed E-state index contributed by atoms with van der Waals surface area (Å²) in [4.78, 5) is 38.2. The molecule has 1 atom stereocenters. The van der Waals surface area contributed by atoms with E-state index >= 15 is 0 Å². The highest BCUT2D eigenvalue weighted by molar-refractivity contribution is 5.79. The summed E-state index contributed by atoms with van der Waals surface area (Å²) in [5, 5.41) is 12.0. The minimum Gasteiger partial charge on any atom is -0.481 e. The molecular weight excluding hydrogens is 286 g/mol. The highest BCUT2D eigenvalue weighted by Gasteiger charge is 2.42. The number of hydrogen-bond donors (Lipinski definition) is 2. The van der Waals surface area contributed by atoms with Gasteiger partial charge in [-0.1, -0.05) is 0 Å². The second-order valence-electron chi connectivity index (χ2n) is 6.46. The van der Waals surface area contributed by atoms with Crippen LogP contribution in [0.2, 0.25) is 0 Å². The van der Waals surface area contributed by atoms with Crippen LogP contribution in [0.15, 0.2) is 0 Å². The van der Waals surface area contributed by atoms with Gasteiger partial charge < -0.3 is 20.2 Å². The monoisotopic (exact) mass is 311 g/mol. The van der Waals surface area contributed by atoms with Gasteiger partial charge in [0.25, 0.3) is 0 Å². The Morgan fingerprint density at radius 3 is 2.73 bits per heavy atom. The number of carboxylic acids is 1. The van der Waals surface area contributed by atoms with E-state index in [-0.39, 0.29) is 18.5 Å². The second kappa shape index (κ2) is 6.98. The van der Waals surface area contributed by atoms with Gasteiger partial charge in [0.2, 0.25) is 5.91 Å². The van der Waals surface area contributed by atoms with Gasteiger partial charge in [0.1, 0.15) is 0 Å². The first-order valence-corrected chi connectivity index (χ1v) is 7.96. The van der Waals surface area contributed by atoms with E-state index in [1.807, 2.05) is 4.90 Å². The van der Waals surface area contributed by atoms with Gasteiger partial charge in [-0.3, -0.25) is 9.59 Å². The third-order valence-electron chi connectivity index (χ3n) is 4.58. The third-order valence-corrected chi connectivity index (χ3v) is 4.58. The Kier molecular flexibility index (Phi) is 5.26. The molecule has 7 heteroatoms. The first kappa shape index (κ1) is 16.6. The molecule has 0 aromatic heterocycles. The lowest BCUT2D eigenvalue weighted by Crippen LogP contribution is -2.42. The summed E-state index contributed by atoms with van der Waals surface area (Å²) in [6.07, 6.45) is 3.87. The Labute approximate surface area is 130 Å². The largest absolute Gasteiger partial charge is 0.481 e. The lowest BCUT2D eigenvalue weighted by atomic mass is 9.90. The van der Waals surface area contributed by atoms with Crippen molar-refractivity contribution in [3.63, 3.8) is 0 Å². The van der Waals surface area contributed by atoms with Crippen molar-refractivity contribution in [3.05, 3.63) is 0 Å². The molecule has 0 bridgehead atoms. The standard InChI is InChI=1S/C15H25N3O4/c1-15(13(20)21)6-10-18(11-15)14(22)16-7-4-9-17-8-3-2-5-12(17)19/h2-11H2,1H3,(H,16,22)(H,20,21). The number of hydrogen-bond acceptors (Lipinski definition) is 3. The van der Waals surface area contributed by atoms with Crippen LogP contribution in [0.3, 0.4) is 0 Å². The summed E-state index contributed by atoms with van der Waals surface area (Å²) in [7, 11) is 0. The number of aliphatic carboxylic acids is 1. The zero-order valence-electron chi connectivity index (χ0n) is 13.1. The summed E-state index contributed by atoms with van der Waals surface area (Å²) < 4.78 is 0. The molecule has 1 unspecified atom stereocenters. The number of amides is 3. The van der Waals surface area contributed by atoms with Crippen LogP contribution in [-0.2, 0) is 9.59 Å². The van der Waals surface area contributed by atoms with Crippen molar-refractivity contribution in [2.45, 2.75) is 39.0 Å². The van der Waals surface area contributed by atoms with Gasteiger partial charge in [-0.15, -0.1) is 0 Å². The second-order valence-corrected chi connectivity index (χ2v) is 6.46. The molecule has 2 aliphatic rings. The summed E-state index contributed by atoms with van der Waals surface area (Å²) >= 11 is 0. The fourth-order valence-corrected chi connectivity index (χ4v) is 2.98. The number of carbonyl (C=O) groups is 3. The molecular formula is C15H25N3O4. The first-order chi connectivity index (χ1) is 10.4. The van der Waals surface area contributed by atoms with Gasteiger partial charge in [-0.05, 0) is 32.6 Å². The molecule has 124 valence electrons. The highest BCUT2D eigenvalue weighted by atomic mass is 16.4. The Balaban J connectivity index is 1.66. The van der Waals surface area contributed by atoms with Crippen LogP contribution in [0, 0.1) is 5.41 Å². The van der Waals surface area contributed by atoms with Crippen LogP contribution in [0.25, 0.3) is 0 Å². The molecule has 2 rings (SSSR count). The number of nitrogens with zero attached hydrogens (tertiary/aromatic N) is 2. The topological polar surface area (TPSA) is 89.9 Å². The minimum atomic E-state index is -0.855. The van der Waals surface area contributed by atoms with Crippen molar-refractivity contribution in [1.29, 1.82) is 0 Å². The predicted molar refractivity (Wildman–Crippen MR) is 80.4 cm³/mol. The van der Waals surface area contributed by atoms with E-state index in [9.17, 15) is 14.4 Å². The van der Waals surface area contributed by atoms with Crippen molar-refractivity contribution in [2.24, 2.45) is 5.41 Å². The van der Waals surface area contributed by atoms with E-state index in [1.165, 1.54) is 0 Å². The molecule has 2 saturated heterocycles. The molecule has 3 amide bonds. The average Bonchev–Trinajstić information content (AvgIpc) is 2.89. The predicted octanol–water partition coefficient (Wildman–Crippen LogP) is 0.895. The van der Waals surface area contributed by atoms with Crippen LogP contribution >= 0.6 is 0 Å². The summed E-state index contributed by atoms with van der Waals surface area (Å²) in [6.45, 7) is 4.38. The number of nitrogens with one attached hydrogen (secondary N) is 1. The van der Waals surface area contributed by atoms with Crippen molar-refractivity contribution in [2.75, 3.05) is 32.7 Å². The Morgan fingerprint density at radius 1 is 1.32 bits per heavy atom. The van der Waals surface area contributed by atoms with E-state index in [2.05, 4.69) is 5.32 Å².